The SMILES string of the molecule is Cn1ccc(CN[C@H]2CCCOC2)n1. The summed E-state index contributed by atoms with van der Waals surface area (Å²) in [6, 6.07) is 2.54. The first-order valence-electron chi connectivity index (χ1n) is 5.14. The van der Waals surface area contributed by atoms with E-state index in [9.17, 15) is 0 Å². The lowest BCUT2D eigenvalue weighted by Crippen LogP contribution is -2.36. The fraction of sp³-hybridized carbons (Fsp3) is 0.700. The molecule has 0 unspecified atom stereocenters. The lowest BCUT2D eigenvalue weighted by molar-refractivity contribution is 0.0698. The van der Waals surface area contributed by atoms with E-state index in [1.807, 2.05) is 24.0 Å². The highest BCUT2D eigenvalue weighted by atomic mass is 16.5. The van der Waals surface area contributed by atoms with Crippen molar-refractivity contribution in [2.45, 2.75) is 25.4 Å². The minimum Gasteiger partial charge on any atom is -0.380 e. The van der Waals surface area contributed by atoms with Crippen LogP contribution in [0.3, 0.4) is 0 Å². The molecule has 78 valence electrons. The van der Waals surface area contributed by atoms with Crippen LogP contribution >= 0.6 is 0 Å². The van der Waals surface area contributed by atoms with Gasteiger partial charge in [-0.15, -0.1) is 0 Å². The van der Waals surface area contributed by atoms with Crippen molar-refractivity contribution >= 4 is 0 Å². The quantitative estimate of drug-likeness (QED) is 0.771. The Bertz CT molecular complexity index is 279. The van der Waals surface area contributed by atoms with Gasteiger partial charge in [0, 0.05) is 32.4 Å². The molecular formula is C10H17N3O. The van der Waals surface area contributed by atoms with Crippen molar-refractivity contribution in [2.75, 3.05) is 13.2 Å². The third kappa shape index (κ3) is 2.56. The number of ether oxygens (including phenoxy) is 1. The number of hydrogen-bond acceptors (Lipinski definition) is 3. The number of nitrogens with one attached hydrogen (secondary N) is 1. The van der Waals surface area contributed by atoms with E-state index >= 15 is 0 Å². The topological polar surface area (TPSA) is 39.1 Å². The average molecular weight is 195 g/mol. The van der Waals surface area contributed by atoms with Crippen LogP contribution in [-0.2, 0) is 18.3 Å². The van der Waals surface area contributed by atoms with Gasteiger partial charge in [-0.25, -0.2) is 0 Å². The van der Waals surface area contributed by atoms with Crippen molar-refractivity contribution in [3.63, 3.8) is 0 Å². The Morgan fingerprint density at radius 3 is 3.29 bits per heavy atom. The molecule has 0 aliphatic carbocycles. The highest BCUT2D eigenvalue weighted by Crippen LogP contribution is 2.06. The second-order valence-corrected chi connectivity index (χ2v) is 3.78. The number of aryl methyl sites for hydroxylation is 1. The third-order valence-corrected chi connectivity index (χ3v) is 2.50. The molecule has 1 aromatic rings. The van der Waals surface area contributed by atoms with Crippen LogP contribution in [-0.4, -0.2) is 29.0 Å². The van der Waals surface area contributed by atoms with Crippen LogP contribution in [0.25, 0.3) is 0 Å². The summed E-state index contributed by atoms with van der Waals surface area (Å²) in [6.07, 6.45) is 4.35. The van der Waals surface area contributed by atoms with Crippen LogP contribution in [0, 0.1) is 0 Å². The van der Waals surface area contributed by atoms with Crippen molar-refractivity contribution in [1.82, 2.24) is 15.1 Å². The average Bonchev–Trinajstić information content (AvgIpc) is 2.63. The second kappa shape index (κ2) is 4.57. The van der Waals surface area contributed by atoms with E-state index in [2.05, 4.69) is 10.4 Å². The van der Waals surface area contributed by atoms with Crippen molar-refractivity contribution in [2.24, 2.45) is 7.05 Å². The summed E-state index contributed by atoms with van der Waals surface area (Å²) in [4.78, 5) is 0. The van der Waals surface area contributed by atoms with Gasteiger partial charge in [-0.1, -0.05) is 0 Å². The lowest BCUT2D eigenvalue weighted by atomic mass is 10.1. The largest absolute Gasteiger partial charge is 0.380 e. The molecule has 1 atom stereocenters. The Morgan fingerprint density at radius 2 is 2.64 bits per heavy atom. The van der Waals surface area contributed by atoms with Crippen LogP contribution in [0.5, 0.6) is 0 Å². The summed E-state index contributed by atoms with van der Waals surface area (Å²) in [5, 5.41) is 7.76. The van der Waals surface area contributed by atoms with E-state index in [-0.39, 0.29) is 0 Å². The highest BCUT2D eigenvalue weighted by molar-refractivity contribution is 4.98. The summed E-state index contributed by atoms with van der Waals surface area (Å²) in [7, 11) is 1.94. The zero-order chi connectivity index (χ0) is 9.80. The van der Waals surface area contributed by atoms with Gasteiger partial charge in [-0.3, -0.25) is 4.68 Å². The smallest absolute Gasteiger partial charge is 0.0762 e. The van der Waals surface area contributed by atoms with Crippen molar-refractivity contribution in [3.05, 3.63) is 18.0 Å². The van der Waals surface area contributed by atoms with Crippen LogP contribution in [0.4, 0.5) is 0 Å². The molecular weight excluding hydrogens is 178 g/mol. The zero-order valence-corrected chi connectivity index (χ0v) is 8.57. The fourth-order valence-electron chi connectivity index (χ4n) is 1.71. The molecule has 4 nitrogen and oxygen atoms in total. The molecule has 2 rings (SSSR count). The maximum Gasteiger partial charge on any atom is 0.0762 e. The molecule has 14 heavy (non-hydrogen) atoms. The lowest BCUT2D eigenvalue weighted by Gasteiger charge is -2.22. The molecule has 4 heteroatoms. The summed E-state index contributed by atoms with van der Waals surface area (Å²) >= 11 is 0. The predicted octanol–water partition coefficient (Wildman–Crippen LogP) is 0.689. The zero-order valence-electron chi connectivity index (χ0n) is 8.57. The number of hydrogen-bond donors (Lipinski definition) is 1. The monoisotopic (exact) mass is 195 g/mol. The van der Waals surface area contributed by atoms with Gasteiger partial charge in [0.1, 0.15) is 0 Å². The molecule has 0 radical (unpaired) electrons. The Hall–Kier alpha value is -0.870. The van der Waals surface area contributed by atoms with Gasteiger partial charge < -0.3 is 10.1 Å². The molecule has 1 N–H and O–H groups in total. The number of rotatable bonds is 3. The maximum absolute atomic E-state index is 5.39. The standard InChI is InChI=1S/C10H17N3O/c1-13-5-4-9(12-13)7-11-10-3-2-6-14-8-10/h4-5,10-11H,2-3,6-8H2,1H3/t10-/m0/s1. The van der Waals surface area contributed by atoms with Crippen molar-refractivity contribution in [1.29, 1.82) is 0 Å². The van der Waals surface area contributed by atoms with Gasteiger partial charge in [0.15, 0.2) is 0 Å². The minimum atomic E-state index is 0.505. The fourth-order valence-corrected chi connectivity index (χ4v) is 1.71. The van der Waals surface area contributed by atoms with Gasteiger partial charge in [-0.2, -0.15) is 5.10 Å². The predicted molar refractivity (Wildman–Crippen MR) is 53.9 cm³/mol. The molecule has 1 saturated heterocycles. The molecule has 1 fully saturated rings. The maximum atomic E-state index is 5.39. The van der Waals surface area contributed by atoms with Crippen LogP contribution in [0.15, 0.2) is 12.3 Å². The molecule has 0 amide bonds. The summed E-state index contributed by atoms with van der Waals surface area (Å²) in [5.41, 5.74) is 1.10. The van der Waals surface area contributed by atoms with E-state index in [4.69, 9.17) is 4.74 Å². The first kappa shape index (κ1) is 9.68. The van der Waals surface area contributed by atoms with Crippen molar-refractivity contribution < 1.29 is 4.74 Å². The molecule has 0 spiro atoms. The van der Waals surface area contributed by atoms with Crippen LogP contribution < -0.4 is 5.32 Å². The molecule has 1 aromatic heterocycles. The Morgan fingerprint density at radius 1 is 1.71 bits per heavy atom. The molecule has 1 aliphatic rings. The second-order valence-electron chi connectivity index (χ2n) is 3.78. The summed E-state index contributed by atoms with van der Waals surface area (Å²) in [5.74, 6) is 0. The van der Waals surface area contributed by atoms with E-state index in [1.54, 1.807) is 0 Å². The number of nitrogens with zero attached hydrogens (tertiary/aromatic N) is 2. The van der Waals surface area contributed by atoms with Gasteiger partial charge in [0.05, 0.1) is 12.3 Å². The number of aromatic nitrogens is 2. The van der Waals surface area contributed by atoms with E-state index < -0.39 is 0 Å². The van der Waals surface area contributed by atoms with Gasteiger partial charge in [0.2, 0.25) is 0 Å². The Kier molecular flexibility index (Phi) is 3.16. The van der Waals surface area contributed by atoms with Gasteiger partial charge >= 0.3 is 0 Å². The van der Waals surface area contributed by atoms with E-state index in [1.165, 1.54) is 12.8 Å². The normalized spacial score (nSPS) is 22.5. The Labute approximate surface area is 84.3 Å². The molecule has 0 saturated carbocycles. The van der Waals surface area contributed by atoms with Gasteiger partial charge in [0.25, 0.3) is 0 Å². The third-order valence-electron chi connectivity index (χ3n) is 2.50. The first-order valence-corrected chi connectivity index (χ1v) is 5.14. The van der Waals surface area contributed by atoms with Crippen LogP contribution in [0.2, 0.25) is 0 Å². The Balaban J connectivity index is 1.76. The van der Waals surface area contributed by atoms with Crippen molar-refractivity contribution in [3.8, 4) is 0 Å². The van der Waals surface area contributed by atoms with Gasteiger partial charge in [-0.05, 0) is 18.9 Å². The molecule has 0 aromatic carbocycles. The summed E-state index contributed by atoms with van der Waals surface area (Å²) in [6.45, 7) is 2.60. The van der Waals surface area contributed by atoms with E-state index in [0.29, 0.717) is 6.04 Å². The molecule has 1 aliphatic heterocycles. The van der Waals surface area contributed by atoms with E-state index in [0.717, 1.165) is 25.5 Å². The summed E-state index contributed by atoms with van der Waals surface area (Å²) < 4.78 is 7.22. The highest BCUT2D eigenvalue weighted by Gasteiger charge is 2.12. The molecule has 0 bridgehead atoms. The van der Waals surface area contributed by atoms with Crippen LogP contribution in [0.1, 0.15) is 18.5 Å². The molecule has 2 heterocycles. The minimum absolute atomic E-state index is 0.505. The first-order chi connectivity index (χ1) is 6.84.